The van der Waals surface area contributed by atoms with Gasteiger partial charge in [-0.15, -0.1) is 0 Å². The van der Waals surface area contributed by atoms with Crippen LogP contribution >= 0.6 is 0 Å². The van der Waals surface area contributed by atoms with E-state index in [1.165, 1.54) is 16.7 Å². The Morgan fingerprint density at radius 1 is 0.775 bits per heavy atom. The van der Waals surface area contributed by atoms with Gasteiger partial charge in [0.15, 0.2) is 0 Å². The lowest BCUT2D eigenvalue weighted by atomic mass is 9.72. The van der Waals surface area contributed by atoms with Gasteiger partial charge in [-0.05, 0) is 54.5 Å². The van der Waals surface area contributed by atoms with Gasteiger partial charge in [0.05, 0.1) is 17.0 Å². The van der Waals surface area contributed by atoms with E-state index in [-0.39, 0.29) is 41.6 Å². The Morgan fingerprint density at radius 2 is 1.52 bits per heavy atom. The second-order valence-corrected chi connectivity index (χ2v) is 11.8. The highest BCUT2D eigenvalue weighted by atomic mass is 16.2. The summed E-state index contributed by atoms with van der Waals surface area (Å²) in [4.78, 5) is 30.8. The lowest BCUT2D eigenvalue weighted by Gasteiger charge is -2.44. The fraction of sp³-hybridized carbons (Fsp3) is 0.394. The molecule has 4 aromatic rings. The van der Waals surface area contributed by atoms with Crippen LogP contribution in [0, 0.1) is 5.92 Å². The number of aromatic nitrogens is 2. The summed E-state index contributed by atoms with van der Waals surface area (Å²) < 4.78 is 1.96. The number of likely N-dealkylation sites (tertiary alicyclic amines) is 1. The normalized spacial score (nSPS) is 25.9. The summed E-state index contributed by atoms with van der Waals surface area (Å²) in [5.74, 6) is 0.471. The number of aromatic amines is 1. The van der Waals surface area contributed by atoms with Crippen molar-refractivity contribution in [1.29, 1.82) is 0 Å². The van der Waals surface area contributed by atoms with E-state index < -0.39 is 0 Å². The fourth-order valence-electron chi connectivity index (χ4n) is 7.31. The Bertz CT molecular complexity index is 1530. The highest BCUT2D eigenvalue weighted by Crippen LogP contribution is 2.42. The number of nitrogens with one attached hydrogen (secondary N) is 3. The third-order valence-corrected chi connectivity index (χ3v) is 9.40. The number of hydrogen-bond acceptors (Lipinski definition) is 4. The predicted molar refractivity (Wildman–Crippen MR) is 157 cm³/mol. The van der Waals surface area contributed by atoms with Crippen LogP contribution in [0.15, 0.2) is 83.7 Å². The molecule has 3 fully saturated rings. The Morgan fingerprint density at radius 3 is 2.33 bits per heavy atom. The van der Waals surface area contributed by atoms with Gasteiger partial charge >= 0.3 is 5.69 Å². The average Bonchev–Trinajstić information content (AvgIpc) is 3.34. The number of amides is 1. The number of carbonyl (C=O) groups excluding carboxylic acids is 1. The van der Waals surface area contributed by atoms with Crippen LogP contribution in [-0.4, -0.2) is 46.0 Å². The van der Waals surface area contributed by atoms with E-state index in [0.717, 1.165) is 62.9 Å². The molecule has 4 unspecified atom stereocenters. The zero-order chi connectivity index (χ0) is 27.1. The van der Waals surface area contributed by atoms with Crippen LogP contribution in [0.3, 0.4) is 0 Å². The van der Waals surface area contributed by atoms with Gasteiger partial charge in [-0.2, -0.15) is 0 Å². The molecule has 3 saturated heterocycles. The van der Waals surface area contributed by atoms with Crippen LogP contribution in [0.2, 0.25) is 0 Å². The molecule has 7 heteroatoms. The number of benzene rings is 3. The molecular weight excluding hydrogens is 498 g/mol. The predicted octanol–water partition coefficient (Wildman–Crippen LogP) is 4.49. The molecule has 0 radical (unpaired) electrons. The van der Waals surface area contributed by atoms with Crippen molar-refractivity contribution >= 4 is 16.9 Å². The number of piperidine rings is 3. The molecule has 206 valence electrons. The Labute approximate surface area is 234 Å². The SMILES string of the molecule is O=C1NCCC2NC(c3ccc(CN4CCC(n5c(=O)[nH]c6ccccc65)CC4)cc3)C(c3ccccc3)CC12. The molecule has 0 spiro atoms. The lowest BCUT2D eigenvalue weighted by Crippen LogP contribution is -2.56. The summed E-state index contributed by atoms with van der Waals surface area (Å²) in [6.07, 6.45) is 3.79. The third kappa shape index (κ3) is 4.78. The molecule has 0 aliphatic carbocycles. The standard InChI is InChI=1S/C33H37N5O2/c39-32-27-20-26(23-6-2-1-3-7-23)31(35-28(27)14-17-34-32)24-12-10-22(11-13-24)21-37-18-15-25(16-19-37)38-30-9-5-4-8-29(30)36-33(38)40/h1-13,25-28,31,35H,14-21H2,(H,34,39)(H,36,40). The number of imidazole rings is 1. The molecule has 3 N–H and O–H groups in total. The summed E-state index contributed by atoms with van der Waals surface area (Å²) in [6.45, 7) is 3.62. The zero-order valence-electron chi connectivity index (χ0n) is 22.8. The van der Waals surface area contributed by atoms with Crippen LogP contribution in [0.25, 0.3) is 11.0 Å². The van der Waals surface area contributed by atoms with Gasteiger partial charge in [0, 0.05) is 50.2 Å². The van der Waals surface area contributed by atoms with Crippen molar-refractivity contribution in [3.05, 3.63) is 106 Å². The first-order chi connectivity index (χ1) is 19.6. The number of nitrogens with zero attached hydrogens (tertiary/aromatic N) is 2. The zero-order valence-corrected chi connectivity index (χ0v) is 22.8. The molecule has 4 heterocycles. The monoisotopic (exact) mass is 535 g/mol. The second-order valence-electron chi connectivity index (χ2n) is 11.8. The van der Waals surface area contributed by atoms with Gasteiger partial charge < -0.3 is 15.6 Å². The minimum Gasteiger partial charge on any atom is -0.356 e. The number of carbonyl (C=O) groups is 1. The molecule has 40 heavy (non-hydrogen) atoms. The molecule has 0 saturated carbocycles. The van der Waals surface area contributed by atoms with E-state index >= 15 is 0 Å². The minimum atomic E-state index is 0.000504. The van der Waals surface area contributed by atoms with E-state index in [1.54, 1.807) is 0 Å². The molecule has 1 amide bonds. The largest absolute Gasteiger partial charge is 0.356 e. The van der Waals surface area contributed by atoms with Crippen LogP contribution < -0.4 is 16.3 Å². The van der Waals surface area contributed by atoms with Crippen LogP contribution in [-0.2, 0) is 11.3 Å². The minimum absolute atomic E-state index is 0.000504. The van der Waals surface area contributed by atoms with Crippen LogP contribution in [0.5, 0.6) is 0 Å². The molecule has 7 rings (SSSR count). The van der Waals surface area contributed by atoms with Gasteiger partial charge in [-0.3, -0.25) is 14.3 Å². The lowest BCUT2D eigenvalue weighted by molar-refractivity contribution is -0.129. The first kappa shape index (κ1) is 25.3. The van der Waals surface area contributed by atoms with Crippen molar-refractivity contribution in [3.8, 4) is 0 Å². The fourth-order valence-corrected chi connectivity index (χ4v) is 7.31. The number of hydrogen-bond donors (Lipinski definition) is 3. The molecular formula is C33H37N5O2. The Kier molecular flexibility index (Phi) is 6.77. The highest BCUT2D eigenvalue weighted by Gasteiger charge is 2.42. The van der Waals surface area contributed by atoms with Crippen molar-refractivity contribution in [2.75, 3.05) is 19.6 Å². The van der Waals surface area contributed by atoms with Gasteiger partial charge in [-0.25, -0.2) is 4.79 Å². The van der Waals surface area contributed by atoms with Gasteiger partial charge in [-0.1, -0.05) is 66.7 Å². The summed E-state index contributed by atoms with van der Waals surface area (Å²) in [5.41, 5.74) is 5.82. The van der Waals surface area contributed by atoms with Gasteiger partial charge in [0.2, 0.25) is 5.91 Å². The van der Waals surface area contributed by atoms with E-state index in [2.05, 4.69) is 75.1 Å². The van der Waals surface area contributed by atoms with Crippen molar-refractivity contribution in [2.24, 2.45) is 5.92 Å². The molecule has 3 aliphatic heterocycles. The quantitative estimate of drug-likeness (QED) is 0.352. The van der Waals surface area contributed by atoms with Gasteiger partial charge in [0.1, 0.15) is 0 Å². The topological polar surface area (TPSA) is 82.2 Å². The average molecular weight is 536 g/mol. The van der Waals surface area contributed by atoms with E-state index in [1.807, 2.05) is 28.8 Å². The number of rotatable bonds is 5. The molecule has 1 aromatic heterocycles. The molecule has 0 bridgehead atoms. The van der Waals surface area contributed by atoms with E-state index in [4.69, 9.17) is 0 Å². The molecule has 7 nitrogen and oxygen atoms in total. The Balaban J connectivity index is 1.04. The Hall–Kier alpha value is -3.68. The van der Waals surface area contributed by atoms with E-state index in [9.17, 15) is 9.59 Å². The maximum atomic E-state index is 12.7. The number of H-pyrrole nitrogens is 1. The summed E-state index contributed by atoms with van der Waals surface area (Å²) in [6, 6.07) is 28.4. The van der Waals surface area contributed by atoms with Crippen LogP contribution in [0.1, 0.15) is 60.4 Å². The molecule has 3 aromatic carbocycles. The smallest absolute Gasteiger partial charge is 0.326 e. The van der Waals surface area contributed by atoms with Crippen molar-refractivity contribution in [1.82, 2.24) is 25.1 Å². The van der Waals surface area contributed by atoms with Crippen molar-refractivity contribution < 1.29 is 4.79 Å². The first-order valence-electron chi connectivity index (χ1n) is 14.7. The van der Waals surface area contributed by atoms with Gasteiger partial charge in [0.25, 0.3) is 0 Å². The molecule has 3 aliphatic rings. The summed E-state index contributed by atoms with van der Waals surface area (Å²) in [5, 5.41) is 6.96. The highest BCUT2D eigenvalue weighted by molar-refractivity contribution is 5.80. The maximum Gasteiger partial charge on any atom is 0.326 e. The first-order valence-corrected chi connectivity index (χ1v) is 14.7. The summed E-state index contributed by atoms with van der Waals surface area (Å²) >= 11 is 0. The van der Waals surface area contributed by atoms with Crippen LogP contribution in [0.4, 0.5) is 0 Å². The maximum absolute atomic E-state index is 12.7. The molecule has 4 atom stereocenters. The third-order valence-electron chi connectivity index (χ3n) is 9.40. The number of fused-ring (bicyclic) bond motifs is 2. The van der Waals surface area contributed by atoms with Crippen molar-refractivity contribution in [3.63, 3.8) is 0 Å². The summed E-state index contributed by atoms with van der Waals surface area (Å²) in [7, 11) is 0. The second kappa shape index (κ2) is 10.7. The number of para-hydroxylation sites is 2. The van der Waals surface area contributed by atoms with E-state index in [0.29, 0.717) is 0 Å². The van der Waals surface area contributed by atoms with Crippen molar-refractivity contribution in [2.45, 2.75) is 56.3 Å².